The summed E-state index contributed by atoms with van der Waals surface area (Å²) in [6.07, 6.45) is 0. The van der Waals surface area contributed by atoms with Crippen LogP contribution >= 0.6 is 0 Å². The van der Waals surface area contributed by atoms with Crippen LogP contribution < -0.4 is 14.7 Å². The van der Waals surface area contributed by atoms with Gasteiger partial charge in [0.2, 0.25) is 5.78 Å². The molecule has 0 bridgehead atoms. The van der Waals surface area contributed by atoms with Crippen molar-refractivity contribution in [3.05, 3.63) is 107 Å². The van der Waals surface area contributed by atoms with Crippen LogP contribution in [-0.4, -0.2) is 43.8 Å². The first kappa shape index (κ1) is 24.2. The minimum absolute atomic E-state index is 0.00313. The number of ketones is 1. The summed E-state index contributed by atoms with van der Waals surface area (Å²) in [6.45, 7) is 3.49. The lowest BCUT2D eigenvalue weighted by Crippen LogP contribution is -3.06. The molecule has 180 valence electrons. The van der Waals surface area contributed by atoms with Crippen LogP contribution in [-0.2, 0) is 16.2 Å². The number of ether oxygens (including phenoxy) is 1. The van der Waals surface area contributed by atoms with Crippen molar-refractivity contribution < 1.29 is 24.3 Å². The molecule has 1 fully saturated rings. The summed E-state index contributed by atoms with van der Waals surface area (Å²) in [4.78, 5) is 28.6. The van der Waals surface area contributed by atoms with E-state index in [-0.39, 0.29) is 5.57 Å². The van der Waals surface area contributed by atoms with E-state index in [0.29, 0.717) is 31.0 Å². The van der Waals surface area contributed by atoms with Gasteiger partial charge in [-0.15, -0.1) is 0 Å². The maximum atomic E-state index is 13.5. The van der Waals surface area contributed by atoms with E-state index in [1.807, 2.05) is 69.6 Å². The maximum absolute atomic E-state index is 13.5. The molecule has 0 spiro atoms. The molecule has 0 saturated carbocycles. The molecule has 1 unspecified atom stereocenters. The minimum atomic E-state index is -0.725. The molecule has 3 aromatic carbocycles. The lowest BCUT2D eigenvalue weighted by molar-refractivity contribution is -0.857. The maximum Gasteiger partial charge on any atom is 0.295 e. The van der Waals surface area contributed by atoms with Gasteiger partial charge in [0.05, 0.1) is 33.2 Å². The Balaban J connectivity index is 1.62. The van der Waals surface area contributed by atoms with Gasteiger partial charge in [0.1, 0.15) is 12.4 Å². The first-order valence-electron chi connectivity index (χ1n) is 11.7. The third-order valence-corrected chi connectivity index (χ3v) is 6.10. The first-order valence-corrected chi connectivity index (χ1v) is 11.7. The molecule has 1 saturated heterocycles. The Bertz CT molecular complexity index is 1230. The van der Waals surface area contributed by atoms with Gasteiger partial charge in [-0.25, -0.2) is 0 Å². The number of likely N-dealkylation sites (N-methyl/N-ethyl adjacent to an activating group) is 1. The van der Waals surface area contributed by atoms with Crippen LogP contribution in [0.15, 0.2) is 84.4 Å². The van der Waals surface area contributed by atoms with Crippen molar-refractivity contribution in [3.63, 3.8) is 0 Å². The highest BCUT2D eigenvalue weighted by atomic mass is 16.5. The molecule has 35 heavy (non-hydrogen) atoms. The van der Waals surface area contributed by atoms with Crippen LogP contribution in [0.4, 0.5) is 0 Å². The number of benzene rings is 3. The minimum Gasteiger partial charge on any atom is -0.872 e. The largest absolute Gasteiger partial charge is 0.872 e. The number of likely N-dealkylation sites (tertiary alicyclic amines) is 1. The van der Waals surface area contributed by atoms with Crippen molar-refractivity contribution >= 4 is 17.4 Å². The van der Waals surface area contributed by atoms with Crippen LogP contribution in [0.2, 0.25) is 0 Å². The number of Topliss-reactive ketones (excluding diaryl/α,β-unsaturated/α-hetero) is 1. The SMILES string of the molecule is Cc1cccc(COc2ccc(/C([O-])=C3\C(=O)C(=O)N(CC[NH+](C)C)C3c3ccccc3)cc2)c1. The van der Waals surface area contributed by atoms with E-state index in [4.69, 9.17) is 4.74 Å². The van der Waals surface area contributed by atoms with E-state index in [1.165, 1.54) is 4.90 Å². The normalized spacial score (nSPS) is 17.3. The fourth-order valence-corrected chi connectivity index (χ4v) is 4.25. The number of hydrogen-bond donors (Lipinski definition) is 1. The van der Waals surface area contributed by atoms with Gasteiger partial charge in [-0.1, -0.05) is 78.1 Å². The van der Waals surface area contributed by atoms with E-state index >= 15 is 0 Å². The average Bonchev–Trinajstić information content (AvgIpc) is 3.11. The third kappa shape index (κ3) is 5.44. The van der Waals surface area contributed by atoms with Crippen molar-refractivity contribution in [2.45, 2.75) is 19.6 Å². The van der Waals surface area contributed by atoms with E-state index in [1.54, 1.807) is 24.3 Å². The number of aryl methyl sites for hydroxylation is 1. The molecule has 0 radical (unpaired) electrons. The average molecular weight is 471 g/mol. The Morgan fingerprint density at radius 2 is 1.69 bits per heavy atom. The second kappa shape index (κ2) is 10.6. The molecule has 6 nitrogen and oxygen atoms in total. The van der Waals surface area contributed by atoms with Gasteiger partial charge in [-0.2, -0.15) is 0 Å². The molecule has 1 aliphatic rings. The van der Waals surface area contributed by atoms with Gasteiger partial charge < -0.3 is 19.6 Å². The van der Waals surface area contributed by atoms with Gasteiger partial charge in [0.15, 0.2) is 0 Å². The van der Waals surface area contributed by atoms with Gasteiger partial charge in [-0.05, 0) is 35.7 Å². The molecule has 1 heterocycles. The Labute approximate surface area is 206 Å². The number of nitrogens with one attached hydrogen (secondary N) is 1. The smallest absolute Gasteiger partial charge is 0.295 e. The number of quaternary nitrogens is 1. The topological polar surface area (TPSA) is 74.1 Å². The lowest BCUT2D eigenvalue weighted by atomic mass is 9.95. The van der Waals surface area contributed by atoms with Crippen LogP contribution in [0.3, 0.4) is 0 Å². The van der Waals surface area contributed by atoms with Crippen molar-refractivity contribution in [1.82, 2.24) is 4.90 Å². The number of nitrogens with zero attached hydrogens (tertiary/aromatic N) is 1. The first-order chi connectivity index (χ1) is 16.8. The Morgan fingerprint density at radius 3 is 2.34 bits per heavy atom. The highest BCUT2D eigenvalue weighted by Gasteiger charge is 2.44. The Morgan fingerprint density at radius 1 is 0.971 bits per heavy atom. The molecule has 6 heteroatoms. The summed E-state index contributed by atoms with van der Waals surface area (Å²) in [5.41, 5.74) is 3.32. The standard InChI is InChI=1S/C29H30N2O4/c1-20-8-7-9-21(18-20)19-35-24-14-12-23(13-15-24)27(32)25-26(22-10-5-4-6-11-22)31(17-16-30(2)3)29(34)28(25)33/h4-15,18,26,32H,16-17,19H2,1-3H3/b27-25+. The molecule has 0 aliphatic carbocycles. The predicted molar refractivity (Wildman–Crippen MR) is 132 cm³/mol. The zero-order valence-electron chi connectivity index (χ0n) is 20.3. The summed E-state index contributed by atoms with van der Waals surface area (Å²) in [5, 5.41) is 13.5. The number of rotatable bonds is 8. The van der Waals surface area contributed by atoms with Crippen LogP contribution in [0.1, 0.15) is 28.3 Å². The number of carbonyl (C=O) groups excluding carboxylic acids is 2. The van der Waals surface area contributed by atoms with Crippen molar-refractivity contribution in [2.75, 3.05) is 27.2 Å². The quantitative estimate of drug-likeness (QED) is 0.310. The second-order valence-corrected chi connectivity index (χ2v) is 9.14. The molecule has 0 aromatic heterocycles. The number of amides is 1. The molecular formula is C29H30N2O4. The molecule has 1 atom stereocenters. The Hall–Kier alpha value is -3.90. The van der Waals surface area contributed by atoms with E-state index in [0.717, 1.165) is 21.6 Å². The summed E-state index contributed by atoms with van der Waals surface area (Å²) in [5.74, 6) is -1.15. The number of carbonyl (C=O) groups is 2. The monoisotopic (exact) mass is 470 g/mol. The highest BCUT2D eigenvalue weighted by Crippen LogP contribution is 2.38. The van der Waals surface area contributed by atoms with E-state index < -0.39 is 23.5 Å². The van der Waals surface area contributed by atoms with Gasteiger partial charge >= 0.3 is 0 Å². The summed E-state index contributed by atoms with van der Waals surface area (Å²) in [6, 6.07) is 23.4. The zero-order chi connectivity index (χ0) is 24.9. The predicted octanol–water partition coefficient (Wildman–Crippen LogP) is 1.94. The van der Waals surface area contributed by atoms with Crippen molar-refractivity contribution in [3.8, 4) is 5.75 Å². The van der Waals surface area contributed by atoms with Crippen LogP contribution in [0.25, 0.3) is 5.76 Å². The molecule has 1 aliphatic heterocycles. The summed E-state index contributed by atoms with van der Waals surface area (Å²) < 4.78 is 5.86. The number of hydrogen-bond acceptors (Lipinski definition) is 4. The van der Waals surface area contributed by atoms with Crippen molar-refractivity contribution in [1.29, 1.82) is 0 Å². The molecule has 1 N–H and O–H groups in total. The molecule has 3 aromatic rings. The zero-order valence-corrected chi connectivity index (χ0v) is 20.3. The van der Waals surface area contributed by atoms with Gasteiger partial charge in [0.25, 0.3) is 5.91 Å². The van der Waals surface area contributed by atoms with Crippen LogP contribution in [0.5, 0.6) is 5.75 Å². The Kier molecular flexibility index (Phi) is 7.32. The molecule has 4 rings (SSSR count). The lowest BCUT2D eigenvalue weighted by Gasteiger charge is -2.27. The second-order valence-electron chi connectivity index (χ2n) is 9.14. The van der Waals surface area contributed by atoms with Gasteiger partial charge in [0, 0.05) is 5.57 Å². The highest BCUT2D eigenvalue weighted by molar-refractivity contribution is 6.46. The molecule has 1 amide bonds. The van der Waals surface area contributed by atoms with Gasteiger partial charge in [-0.3, -0.25) is 9.59 Å². The summed E-state index contributed by atoms with van der Waals surface area (Å²) >= 11 is 0. The van der Waals surface area contributed by atoms with E-state index in [2.05, 4.69) is 6.07 Å². The van der Waals surface area contributed by atoms with Crippen LogP contribution in [0, 0.1) is 6.92 Å². The molecular weight excluding hydrogens is 440 g/mol. The fraction of sp³-hybridized carbons (Fsp3) is 0.241. The summed E-state index contributed by atoms with van der Waals surface area (Å²) in [7, 11) is 3.97. The van der Waals surface area contributed by atoms with Crippen molar-refractivity contribution in [2.24, 2.45) is 0 Å². The van der Waals surface area contributed by atoms with E-state index in [9.17, 15) is 14.7 Å². The fourth-order valence-electron chi connectivity index (χ4n) is 4.25. The third-order valence-electron chi connectivity index (χ3n) is 6.10.